The average molecular weight is 499 g/mol. The fourth-order valence-corrected chi connectivity index (χ4v) is 4.22. The van der Waals surface area contributed by atoms with Crippen LogP contribution in [0, 0.1) is 6.92 Å². The Morgan fingerprint density at radius 1 is 1.19 bits per heavy atom. The van der Waals surface area contributed by atoms with E-state index < -0.39 is 18.3 Å². The number of pyridine rings is 2. The van der Waals surface area contributed by atoms with Gasteiger partial charge in [0.1, 0.15) is 6.54 Å². The third kappa shape index (κ3) is 4.73. The minimum Gasteiger partial charge on any atom is -0.348 e. The van der Waals surface area contributed by atoms with Gasteiger partial charge >= 0.3 is 6.18 Å². The van der Waals surface area contributed by atoms with Crippen LogP contribution < -0.4 is 10.2 Å². The Bertz CT molecular complexity index is 1380. The second-order valence-corrected chi connectivity index (χ2v) is 9.36. The molecular weight excluding hydrogens is 473 g/mol. The van der Waals surface area contributed by atoms with Crippen molar-refractivity contribution in [3.05, 3.63) is 71.5 Å². The highest BCUT2D eigenvalue weighted by Crippen LogP contribution is 2.43. The predicted octanol–water partition coefficient (Wildman–Crippen LogP) is 4.41. The maximum Gasteiger partial charge on any atom is 0.408 e. The molecule has 188 valence electrons. The summed E-state index contributed by atoms with van der Waals surface area (Å²) >= 11 is 0. The van der Waals surface area contributed by atoms with Crippen LogP contribution in [0.15, 0.2) is 49.1 Å². The van der Waals surface area contributed by atoms with Gasteiger partial charge in [-0.05, 0) is 45.4 Å². The maximum atomic E-state index is 13.4. The Morgan fingerprint density at radius 3 is 2.58 bits per heavy atom. The van der Waals surface area contributed by atoms with Crippen molar-refractivity contribution >= 4 is 17.5 Å². The summed E-state index contributed by atoms with van der Waals surface area (Å²) in [7, 11) is 0. The second kappa shape index (κ2) is 8.89. The van der Waals surface area contributed by atoms with Crippen molar-refractivity contribution in [1.29, 1.82) is 0 Å². The highest BCUT2D eigenvalue weighted by Gasteiger charge is 2.47. The number of aromatic nitrogens is 4. The van der Waals surface area contributed by atoms with Gasteiger partial charge < -0.3 is 5.32 Å². The van der Waals surface area contributed by atoms with E-state index in [9.17, 15) is 22.8 Å². The van der Waals surface area contributed by atoms with Gasteiger partial charge in [-0.1, -0.05) is 12.2 Å². The van der Waals surface area contributed by atoms with Crippen LogP contribution in [0.1, 0.15) is 52.7 Å². The second-order valence-electron chi connectivity index (χ2n) is 9.36. The Labute approximate surface area is 205 Å². The fraction of sp³-hybridized carbons (Fsp3) is 0.320. The van der Waals surface area contributed by atoms with Crippen molar-refractivity contribution in [3.8, 4) is 11.3 Å². The van der Waals surface area contributed by atoms with E-state index in [0.29, 0.717) is 40.2 Å². The minimum absolute atomic E-state index is 0.242. The zero-order valence-corrected chi connectivity index (χ0v) is 20.3. The number of aryl methyl sites for hydroxylation is 1. The Morgan fingerprint density at radius 2 is 1.92 bits per heavy atom. The first-order valence-corrected chi connectivity index (χ1v) is 11.1. The number of fused-ring (bicyclic) bond motifs is 1. The molecule has 4 rings (SSSR count). The fourth-order valence-electron chi connectivity index (χ4n) is 4.22. The molecule has 0 bridgehead atoms. The summed E-state index contributed by atoms with van der Waals surface area (Å²) in [6.07, 6.45) is 1.03. The van der Waals surface area contributed by atoms with Gasteiger partial charge in [0.05, 0.1) is 39.9 Å². The minimum atomic E-state index is -4.44. The van der Waals surface area contributed by atoms with Crippen molar-refractivity contribution in [2.45, 2.75) is 46.0 Å². The van der Waals surface area contributed by atoms with Gasteiger partial charge in [0.2, 0.25) is 0 Å². The zero-order valence-electron chi connectivity index (χ0n) is 20.3. The molecule has 0 radical (unpaired) electrons. The monoisotopic (exact) mass is 498 g/mol. The summed E-state index contributed by atoms with van der Waals surface area (Å²) in [5.74, 6) is -0.674. The largest absolute Gasteiger partial charge is 0.408 e. The highest BCUT2D eigenvalue weighted by molar-refractivity contribution is 6.12. The topological polar surface area (TPSA) is 93.0 Å². The van der Waals surface area contributed by atoms with Crippen LogP contribution in [-0.4, -0.2) is 44.3 Å². The van der Waals surface area contributed by atoms with Gasteiger partial charge in [-0.25, -0.2) is 4.98 Å². The lowest BCUT2D eigenvalue weighted by molar-refractivity contribution is -0.142. The van der Waals surface area contributed by atoms with Gasteiger partial charge in [-0.2, -0.15) is 18.3 Å². The summed E-state index contributed by atoms with van der Waals surface area (Å²) in [6, 6.07) is 3.40. The molecule has 3 aromatic heterocycles. The van der Waals surface area contributed by atoms with Crippen LogP contribution in [0.2, 0.25) is 0 Å². The molecule has 0 saturated heterocycles. The van der Waals surface area contributed by atoms with E-state index in [-0.39, 0.29) is 17.5 Å². The SMILES string of the molecule is C=C(C)CNC(=O)c1cncc(-c2cc(C)c3c(n2)C(C)(C)N(c2cnn(CC(F)(F)F)c2)C3=O)c1. The number of carbonyl (C=O) groups excluding carboxylic acids is 2. The molecule has 0 spiro atoms. The van der Waals surface area contributed by atoms with Crippen molar-refractivity contribution in [2.24, 2.45) is 0 Å². The first-order valence-electron chi connectivity index (χ1n) is 11.1. The molecule has 2 amide bonds. The maximum absolute atomic E-state index is 13.4. The van der Waals surface area contributed by atoms with Crippen molar-refractivity contribution in [3.63, 3.8) is 0 Å². The first-order chi connectivity index (χ1) is 16.8. The van der Waals surface area contributed by atoms with E-state index in [1.165, 1.54) is 23.5 Å². The summed E-state index contributed by atoms with van der Waals surface area (Å²) in [6.45, 7) is 9.97. The van der Waals surface area contributed by atoms with E-state index in [1.54, 1.807) is 46.0 Å². The molecule has 1 aliphatic heterocycles. The molecule has 0 saturated carbocycles. The third-order valence-electron chi connectivity index (χ3n) is 5.84. The molecule has 0 aromatic carbocycles. The van der Waals surface area contributed by atoms with Crippen LogP contribution in [0.4, 0.5) is 18.9 Å². The number of nitrogens with zero attached hydrogens (tertiary/aromatic N) is 5. The van der Waals surface area contributed by atoms with Crippen LogP contribution in [-0.2, 0) is 12.1 Å². The summed E-state index contributed by atoms with van der Waals surface area (Å²) < 4.78 is 39.2. The van der Waals surface area contributed by atoms with Gasteiger partial charge in [0, 0.05) is 30.7 Å². The lowest BCUT2D eigenvalue weighted by Crippen LogP contribution is -2.39. The predicted molar refractivity (Wildman–Crippen MR) is 127 cm³/mol. The number of hydrogen-bond acceptors (Lipinski definition) is 5. The Hall–Kier alpha value is -4.02. The molecule has 1 N–H and O–H groups in total. The standard InChI is InChI=1S/C25H25F3N6O2/c1-14(2)8-30-22(35)17-7-16(9-29-10-17)19-6-15(3)20-21(32-19)24(4,5)34(23(20)36)18-11-31-33(12-18)13-25(26,27)28/h6-7,9-12H,1,8,13H2,2-5H3,(H,30,35). The number of amides is 2. The van der Waals surface area contributed by atoms with Gasteiger partial charge in [0.25, 0.3) is 11.8 Å². The van der Waals surface area contributed by atoms with Gasteiger partial charge in [-0.15, -0.1) is 0 Å². The molecule has 3 aromatic rings. The van der Waals surface area contributed by atoms with Crippen LogP contribution >= 0.6 is 0 Å². The number of carbonyl (C=O) groups is 2. The highest BCUT2D eigenvalue weighted by atomic mass is 19.4. The number of halogens is 3. The Kier molecular flexibility index (Phi) is 6.19. The molecule has 8 nitrogen and oxygen atoms in total. The molecule has 0 aliphatic carbocycles. The molecular formula is C25H25F3N6O2. The van der Waals surface area contributed by atoms with Gasteiger partial charge in [0.15, 0.2) is 0 Å². The molecule has 36 heavy (non-hydrogen) atoms. The normalized spacial score (nSPS) is 14.6. The Balaban J connectivity index is 1.70. The number of rotatable bonds is 6. The van der Waals surface area contributed by atoms with Crippen LogP contribution in [0.5, 0.6) is 0 Å². The molecule has 1 aliphatic rings. The van der Waals surface area contributed by atoms with E-state index in [4.69, 9.17) is 4.98 Å². The number of anilines is 1. The summed E-state index contributed by atoms with van der Waals surface area (Å²) in [5, 5.41) is 6.54. The van der Waals surface area contributed by atoms with E-state index in [0.717, 1.165) is 10.3 Å². The first kappa shape index (κ1) is 25.1. The number of hydrogen-bond donors (Lipinski definition) is 1. The van der Waals surface area contributed by atoms with Crippen molar-refractivity contribution in [2.75, 3.05) is 11.4 Å². The van der Waals surface area contributed by atoms with E-state index >= 15 is 0 Å². The van der Waals surface area contributed by atoms with Crippen molar-refractivity contribution in [1.82, 2.24) is 25.1 Å². The zero-order chi connectivity index (χ0) is 26.4. The lowest BCUT2D eigenvalue weighted by atomic mass is 9.96. The lowest BCUT2D eigenvalue weighted by Gasteiger charge is -2.30. The molecule has 4 heterocycles. The molecule has 0 atom stereocenters. The summed E-state index contributed by atoms with van der Waals surface area (Å²) in [4.78, 5) is 36.2. The average Bonchev–Trinajstić information content (AvgIpc) is 3.30. The third-order valence-corrected chi connectivity index (χ3v) is 5.84. The van der Waals surface area contributed by atoms with E-state index in [2.05, 4.69) is 22.0 Å². The summed E-state index contributed by atoms with van der Waals surface area (Å²) in [5.41, 5.74) is 3.04. The molecule has 0 fully saturated rings. The molecule has 11 heteroatoms. The van der Waals surface area contributed by atoms with Crippen LogP contribution in [0.3, 0.4) is 0 Å². The smallest absolute Gasteiger partial charge is 0.348 e. The number of nitrogens with one attached hydrogen (secondary N) is 1. The van der Waals surface area contributed by atoms with Crippen molar-refractivity contribution < 1.29 is 22.8 Å². The quantitative estimate of drug-likeness (QED) is 0.508. The van der Waals surface area contributed by atoms with Crippen LogP contribution in [0.25, 0.3) is 11.3 Å². The number of alkyl halides is 3. The molecule has 0 unspecified atom stereocenters. The van der Waals surface area contributed by atoms with Gasteiger partial charge in [-0.3, -0.25) is 24.2 Å². The van der Waals surface area contributed by atoms with E-state index in [1.807, 2.05) is 0 Å².